The number of aliphatic hydroxyl groups excluding tert-OH is 1. The molecule has 1 heterocycles. The molecule has 0 fully saturated rings. The minimum atomic E-state index is -0.838. The Morgan fingerprint density at radius 3 is 2.58 bits per heavy atom. The van der Waals surface area contributed by atoms with Gasteiger partial charge in [-0.15, -0.1) is 0 Å². The van der Waals surface area contributed by atoms with Gasteiger partial charge in [0.05, 0.1) is 12.6 Å². The molecule has 0 spiro atoms. The van der Waals surface area contributed by atoms with E-state index in [1.54, 1.807) is 24.4 Å². The molecule has 0 saturated carbocycles. The maximum absolute atomic E-state index is 12.2. The zero-order chi connectivity index (χ0) is 16.9. The van der Waals surface area contributed by atoms with Gasteiger partial charge in [0.1, 0.15) is 0 Å². The first-order valence-corrected chi connectivity index (χ1v) is 7.74. The number of hydrogen-bond acceptors (Lipinski definition) is 3. The number of fused-ring (bicyclic) bond motifs is 1. The van der Waals surface area contributed by atoms with Crippen LogP contribution in [-0.2, 0) is 6.54 Å². The average molecular weight is 322 g/mol. The van der Waals surface area contributed by atoms with Crippen molar-refractivity contribution < 1.29 is 9.90 Å². The number of benzene rings is 2. The van der Waals surface area contributed by atoms with E-state index in [-0.39, 0.29) is 24.6 Å². The summed E-state index contributed by atoms with van der Waals surface area (Å²) in [5.74, 6) is -0.250. The molecule has 5 nitrogen and oxygen atoms in total. The maximum atomic E-state index is 12.2. The minimum absolute atomic E-state index is 0.0764. The summed E-state index contributed by atoms with van der Waals surface area (Å²) in [5, 5.41) is 14.8. The van der Waals surface area contributed by atoms with Crippen molar-refractivity contribution in [3.8, 4) is 0 Å². The Morgan fingerprint density at radius 2 is 1.79 bits per heavy atom. The van der Waals surface area contributed by atoms with Crippen LogP contribution in [0, 0.1) is 0 Å². The van der Waals surface area contributed by atoms with Crippen molar-refractivity contribution in [1.82, 2.24) is 9.88 Å². The molecule has 2 N–H and O–H groups in total. The molecule has 24 heavy (non-hydrogen) atoms. The molecule has 0 aliphatic carbocycles. The SMILES string of the molecule is O=C(NCC(O)Cn1ccccc1=O)c1ccc2ccccc2c1. The molecule has 0 aliphatic heterocycles. The van der Waals surface area contributed by atoms with Crippen LogP contribution in [0.25, 0.3) is 10.8 Å². The van der Waals surface area contributed by atoms with Crippen molar-refractivity contribution >= 4 is 16.7 Å². The lowest BCUT2D eigenvalue weighted by Crippen LogP contribution is -2.36. The zero-order valence-corrected chi connectivity index (χ0v) is 13.1. The lowest BCUT2D eigenvalue weighted by Gasteiger charge is -2.13. The van der Waals surface area contributed by atoms with Crippen LogP contribution >= 0.6 is 0 Å². The number of rotatable bonds is 5. The van der Waals surface area contributed by atoms with Gasteiger partial charge < -0.3 is 15.0 Å². The molecule has 0 bridgehead atoms. The van der Waals surface area contributed by atoms with Gasteiger partial charge in [-0.05, 0) is 29.0 Å². The maximum Gasteiger partial charge on any atom is 0.251 e. The van der Waals surface area contributed by atoms with Gasteiger partial charge >= 0.3 is 0 Å². The third-order valence-corrected chi connectivity index (χ3v) is 3.82. The largest absolute Gasteiger partial charge is 0.389 e. The Labute approximate surface area is 139 Å². The number of aliphatic hydroxyl groups is 1. The molecule has 0 aliphatic rings. The summed E-state index contributed by atoms with van der Waals surface area (Å²) in [6.45, 7) is 0.213. The van der Waals surface area contributed by atoms with Crippen molar-refractivity contribution in [2.24, 2.45) is 0 Å². The van der Waals surface area contributed by atoms with Gasteiger partial charge in [-0.3, -0.25) is 9.59 Å². The highest BCUT2D eigenvalue weighted by Gasteiger charge is 2.10. The lowest BCUT2D eigenvalue weighted by atomic mass is 10.1. The van der Waals surface area contributed by atoms with Crippen LogP contribution < -0.4 is 10.9 Å². The monoisotopic (exact) mass is 322 g/mol. The quantitative estimate of drug-likeness (QED) is 0.752. The van der Waals surface area contributed by atoms with Crippen LogP contribution in [0.1, 0.15) is 10.4 Å². The number of pyridine rings is 1. The first-order valence-electron chi connectivity index (χ1n) is 7.74. The van der Waals surface area contributed by atoms with Crippen molar-refractivity contribution in [3.05, 3.63) is 82.8 Å². The number of aromatic nitrogens is 1. The highest BCUT2D eigenvalue weighted by atomic mass is 16.3. The van der Waals surface area contributed by atoms with Crippen molar-refractivity contribution in [2.75, 3.05) is 6.54 Å². The third kappa shape index (κ3) is 3.70. The number of amides is 1. The molecular formula is C19H18N2O3. The smallest absolute Gasteiger partial charge is 0.251 e. The summed E-state index contributed by atoms with van der Waals surface area (Å²) in [7, 11) is 0. The van der Waals surface area contributed by atoms with E-state index < -0.39 is 6.10 Å². The standard InChI is InChI=1S/C19H18N2O3/c22-17(13-21-10-4-3-7-18(21)23)12-20-19(24)16-9-8-14-5-1-2-6-15(14)11-16/h1-11,17,22H,12-13H2,(H,20,24). The summed E-state index contributed by atoms with van der Waals surface area (Å²) in [6.07, 6.45) is 0.769. The number of nitrogens with zero attached hydrogens (tertiary/aromatic N) is 1. The van der Waals surface area contributed by atoms with Gasteiger partial charge in [0.2, 0.25) is 0 Å². The van der Waals surface area contributed by atoms with Gasteiger partial charge in [-0.1, -0.05) is 36.4 Å². The van der Waals surface area contributed by atoms with Crippen LogP contribution in [0.5, 0.6) is 0 Å². The van der Waals surface area contributed by atoms with Gasteiger partial charge in [0.25, 0.3) is 11.5 Å². The summed E-state index contributed by atoms with van der Waals surface area (Å²) < 4.78 is 1.41. The van der Waals surface area contributed by atoms with Gasteiger partial charge in [-0.25, -0.2) is 0 Å². The van der Waals surface area contributed by atoms with E-state index >= 15 is 0 Å². The van der Waals surface area contributed by atoms with Crippen molar-refractivity contribution in [3.63, 3.8) is 0 Å². The first kappa shape index (κ1) is 16.0. The summed E-state index contributed by atoms with van der Waals surface area (Å²) in [5.41, 5.74) is 0.357. The van der Waals surface area contributed by atoms with E-state index in [9.17, 15) is 14.7 Å². The number of carbonyl (C=O) groups is 1. The van der Waals surface area contributed by atoms with E-state index in [4.69, 9.17) is 0 Å². The molecule has 1 amide bonds. The highest BCUT2D eigenvalue weighted by Crippen LogP contribution is 2.15. The average Bonchev–Trinajstić information content (AvgIpc) is 2.61. The molecule has 1 aromatic heterocycles. The van der Waals surface area contributed by atoms with E-state index in [0.717, 1.165) is 10.8 Å². The van der Waals surface area contributed by atoms with Crippen LogP contribution in [0.15, 0.2) is 71.7 Å². The third-order valence-electron chi connectivity index (χ3n) is 3.82. The highest BCUT2D eigenvalue weighted by molar-refractivity contribution is 5.98. The molecular weight excluding hydrogens is 304 g/mol. The summed E-state index contributed by atoms with van der Waals surface area (Å²) in [6, 6.07) is 18.1. The van der Waals surface area contributed by atoms with Crippen molar-refractivity contribution in [1.29, 1.82) is 0 Å². The molecule has 3 aromatic rings. The van der Waals surface area contributed by atoms with E-state index in [0.29, 0.717) is 5.56 Å². The molecule has 2 aromatic carbocycles. The van der Waals surface area contributed by atoms with Crippen LogP contribution in [0.2, 0.25) is 0 Å². The fourth-order valence-electron chi connectivity index (χ4n) is 2.55. The Hall–Kier alpha value is -2.92. The van der Waals surface area contributed by atoms with Crippen molar-refractivity contribution in [2.45, 2.75) is 12.6 Å². The number of nitrogens with one attached hydrogen (secondary N) is 1. The second-order valence-corrected chi connectivity index (χ2v) is 5.62. The number of hydrogen-bond donors (Lipinski definition) is 2. The molecule has 5 heteroatoms. The minimum Gasteiger partial charge on any atom is -0.389 e. The Kier molecular flexibility index (Phi) is 4.72. The normalized spacial score (nSPS) is 12.0. The Bertz CT molecular complexity index is 917. The molecule has 3 rings (SSSR count). The molecule has 0 radical (unpaired) electrons. The topological polar surface area (TPSA) is 71.3 Å². The second-order valence-electron chi connectivity index (χ2n) is 5.62. The second kappa shape index (κ2) is 7.10. The van der Waals surface area contributed by atoms with E-state index in [1.165, 1.54) is 10.6 Å². The van der Waals surface area contributed by atoms with Gasteiger partial charge in [-0.2, -0.15) is 0 Å². The van der Waals surface area contributed by atoms with Crippen LogP contribution in [-0.4, -0.2) is 28.2 Å². The summed E-state index contributed by atoms with van der Waals surface area (Å²) >= 11 is 0. The predicted octanol–water partition coefficient (Wildman–Crippen LogP) is 1.79. The zero-order valence-electron chi connectivity index (χ0n) is 13.1. The molecule has 122 valence electrons. The van der Waals surface area contributed by atoms with Crippen LogP contribution in [0.3, 0.4) is 0 Å². The Balaban J connectivity index is 1.62. The van der Waals surface area contributed by atoms with E-state index in [1.807, 2.05) is 36.4 Å². The fraction of sp³-hybridized carbons (Fsp3) is 0.158. The lowest BCUT2D eigenvalue weighted by molar-refractivity contribution is 0.0903. The molecule has 1 atom stereocenters. The van der Waals surface area contributed by atoms with Gasteiger partial charge in [0.15, 0.2) is 0 Å². The first-order chi connectivity index (χ1) is 11.6. The van der Waals surface area contributed by atoms with Gasteiger partial charge in [0, 0.05) is 24.4 Å². The predicted molar refractivity (Wildman–Crippen MR) is 93.0 cm³/mol. The molecule has 0 saturated heterocycles. The fourth-order valence-corrected chi connectivity index (χ4v) is 2.55. The Morgan fingerprint density at radius 1 is 1.04 bits per heavy atom. The summed E-state index contributed by atoms with van der Waals surface area (Å²) in [4.78, 5) is 23.8. The molecule has 1 unspecified atom stereocenters. The van der Waals surface area contributed by atoms with Crippen LogP contribution in [0.4, 0.5) is 0 Å². The van der Waals surface area contributed by atoms with E-state index in [2.05, 4.69) is 5.32 Å². The number of carbonyl (C=O) groups excluding carboxylic acids is 1.